The van der Waals surface area contributed by atoms with Crippen molar-refractivity contribution in [2.75, 3.05) is 5.73 Å². The van der Waals surface area contributed by atoms with Crippen molar-refractivity contribution in [1.82, 2.24) is 15.4 Å². The van der Waals surface area contributed by atoms with E-state index in [-0.39, 0.29) is 6.04 Å². The first-order valence-electron chi connectivity index (χ1n) is 6.28. The summed E-state index contributed by atoms with van der Waals surface area (Å²) in [5, 5.41) is 0. The molecule has 0 fully saturated rings. The number of hydrogen-bond acceptors (Lipinski definition) is 5. The van der Waals surface area contributed by atoms with E-state index in [2.05, 4.69) is 22.3 Å². The molecule has 0 spiro atoms. The van der Waals surface area contributed by atoms with Crippen molar-refractivity contribution in [3.05, 3.63) is 53.0 Å². The highest BCUT2D eigenvalue weighted by Crippen LogP contribution is 2.27. The molecule has 2 heterocycles. The van der Waals surface area contributed by atoms with Gasteiger partial charge in [0.2, 0.25) is 0 Å². The number of hydrogen-bond donors (Lipinski definition) is 3. The molecular formula is C14H19N5. The van der Waals surface area contributed by atoms with Gasteiger partial charge >= 0.3 is 0 Å². The number of hydrazine groups is 1. The van der Waals surface area contributed by atoms with Gasteiger partial charge in [0.15, 0.2) is 0 Å². The summed E-state index contributed by atoms with van der Waals surface area (Å²) in [7, 11) is 0. The summed E-state index contributed by atoms with van der Waals surface area (Å²) in [6, 6.07) is 3.79. The summed E-state index contributed by atoms with van der Waals surface area (Å²) in [6.45, 7) is 4.07. The zero-order chi connectivity index (χ0) is 13.8. The fourth-order valence-electron chi connectivity index (χ4n) is 2.20. The van der Waals surface area contributed by atoms with Crippen molar-refractivity contribution in [2.24, 2.45) is 5.84 Å². The lowest BCUT2D eigenvalue weighted by molar-refractivity contribution is 0.629. The molecule has 5 heteroatoms. The molecule has 1 atom stereocenters. The average molecular weight is 257 g/mol. The maximum atomic E-state index is 5.97. The molecular weight excluding hydrogens is 238 g/mol. The van der Waals surface area contributed by atoms with Crippen LogP contribution >= 0.6 is 0 Å². The Bertz CT molecular complexity index is 568. The molecule has 0 bridgehead atoms. The topological polar surface area (TPSA) is 89.8 Å². The van der Waals surface area contributed by atoms with Crippen LogP contribution in [0.1, 0.15) is 35.2 Å². The monoisotopic (exact) mass is 257 g/mol. The lowest BCUT2D eigenvalue weighted by Gasteiger charge is -2.21. The SMILES string of the molecule is CCc1cnccc1C(NN)c1cc(C)cnc1N. The lowest BCUT2D eigenvalue weighted by Crippen LogP contribution is -2.30. The zero-order valence-corrected chi connectivity index (χ0v) is 11.2. The molecule has 0 aliphatic rings. The Morgan fingerprint density at radius 3 is 2.79 bits per heavy atom. The van der Waals surface area contributed by atoms with E-state index in [1.54, 1.807) is 12.4 Å². The van der Waals surface area contributed by atoms with E-state index in [1.807, 2.05) is 25.3 Å². The number of anilines is 1. The quantitative estimate of drug-likeness (QED) is 0.570. The highest BCUT2D eigenvalue weighted by molar-refractivity contribution is 5.48. The minimum Gasteiger partial charge on any atom is -0.383 e. The van der Waals surface area contributed by atoms with Gasteiger partial charge < -0.3 is 5.73 Å². The van der Waals surface area contributed by atoms with Gasteiger partial charge in [-0.15, -0.1) is 0 Å². The third-order valence-electron chi connectivity index (χ3n) is 3.20. The van der Waals surface area contributed by atoms with Crippen LogP contribution in [0.4, 0.5) is 5.82 Å². The van der Waals surface area contributed by atoms with Crippen LogP contribution in [0.15, 0.2) is 30.7 Å². The maximum absolute atomic E-state index is 5.97. The summed E-state index contributed by atoms with van der Waals surface area (Å²) >= 11 is 0. The molecule has 19 heavy (non-hydrogen) atoms. The third-order valence-corrected chi connectivity index (χ3v) is 3.20. The molecule has 100 valence electrons. The molecule has 2 rings (SSSR count). The molecule has 0 saturated carbocycles. The minimum absolute atomic E-state index is 0.176. The Morgan fingerprint density at radius 1 is 1.32 bits per heavy atom. The van der Waals surface area contributed by atoms with Gasteiger partial charge in [-0.2, -0.15) is 0 Å². The van der Waals surface area contributed by atoms with Gasteiger partial charge in [0, 0.05) is 24.2 Å². The first-order valence-corrected chi connectivity index (χ1v) is 6.28. The van der Waals surface area contributed by atoms with E-state index in [0.29, 0.717) is 5.82 Å². The van der Waals surface area contributed by atoms with Crippen molar-refractivity contribution in [3.63, 3.8) is 0 Å². The Balaban J connectivity index is 2.53. The van der Waals surface area contributed by atoms with Crippen LogP contribution in [0.2, 0.25) is 0 Å². The van der Waals surface area contributed by atoms with Crippen LogP contribution in [0.3, 0.4) is 0 Å². The molecule has 5 N–H and O–H groups in total. The number of aryl methyl sites for hydroxylation is 2. The molecule has 0 aliphatic heterocycles. The first-order chi connectivity index (χ1) is 9.17. The first kappa shape index (κ1) is 13.5. The average Bonchev–Trinajstić information content (AvgIpc) is 2.44. The van der Waals surface area contributed by atoms with Gasteiger partial charge in [-0.1, -0.05) is 6.92 Å². The van der Waals surface area contributed by atoms with E-state index < -0.39 is 0 Å². The van der Waals surface area contributed by atoms with E-state index in [9.17, 15) is 0 Å². The Kier molecular flexibility index (Phi) is 4.09. The van der Waals surface area contributed by atoms with Crippen LogP contribution in [-0.2, 0) is 6.42 Å². The van der Waals surface area contributed by atoms with Gasteiger partial charge in [0.25, 0.3) is 0 Å². The molecule has 1 unspecified atom stereocenters. The summed E-state index contributed by atoms with van der Waals surface area (Å²) in [6.07, 6.45) is 6.26. The van der Waals surface area contributed by atoms with E-state index in [0.717, 1.165) is 28.7 Å². The Morgan fingerprint density at radius 2 is 2.11 bits per heavy atom. The van der Waals surface area contributed by atoms with Crippen LogP contribution in [0.25, 0.3) is 0 Å². The van der Waals surface area contributed by atoms with Crippen molar-refractivity contribution < 1.29 is 0 Å². The van der Waals surface area contributed by atoms with E-state index >= 15 is 0 Å². The Labute approximate surface area is 113 Å². The molecule has 0 radical (unpaired) electrons. The second-order valence-electron chi connectivity index (χ2n) is 4.51. The lowest BCUT2D eigenvalue weighted by atomic mass is 9.95. The van der Waals surface area contributed by atoms with Gasteiger partial charge in [-0.25, -0.2) is 10.4 Å². The highest BCUT2D eigenvalue weighted by atomic mass is 15.2. The van der Waals surface area contributed by atoms with Crippen LogP contribution < -0.4 is 17.0 Å². The maximum Gasteiger partial charge on any atom is 0.128 e. The molecule has 0 saturated heterocycles. The van der Waals surface area contributed by atoms with Crippen LogP contribution in [0, 0.1) is 6.92 Å². The van der Waals surface area contributed by atoms with Gasteiger partial charge in [-0.3, -0.25) is 10.8 Å². The molecule has 0 aliphatic carbocycles. The van der Waals surface area contributed by atoms with Gasteiger partial charge in [0.05, 0.1) is 6.04 Å². The Hall–Kier alpha value is -1.98. The number of nitrogens with two attached hydrogens (primary N) is 2. The van der Waals surface area contributed by atoms with Gasteiger partial charge in [0.1, 0.15) is 5.82 Å². The smallest absolute Gasteiger partial charge is 0.128 e. The number of nitrogens with zero attached hydrogens (tertiary/aromatic N) is 2. The van der Waals surface area contributed by atoms with Crippen molar-refractivity contribution >= 4 is 5.82 Å². The molecule has 0 amide bonds. The van der Waals surface area contributed by atoms with Gasteiger partial charge in [-0.05, 0) is 42.2 Å². The van der Waals surface area contributed by atoms with Crippen molar-refractivity contribution in [3.8, 4) is 0 Å². The molecule has 2 aromatic heterocycles. The van der Waals surface area contributed by atoms with E-state index in [4.69, 9.17) is 11.6 Å². The molecule has 2 aromatic rings. The van der Waals surface area contributed by atoms with E-state index in [1.165, 1.54) is 0 Å². The molecule has 0 aromatic carbocycles. The number of aromatic nitrogens is 2. The summed E-state index contributed by atoms with van der Waals surface area (Å²) in [5.41, 5.74) is 13.0. The second kappa shape index (κ2) is 5.77. The summed E-state index contributed by atoms with van der Waals surface area (Å²) < 4.78 is 0. The third kappa shape index (κ3) is 2.72. The summed E-state index contributed by atoms with van der Waals surface area (Å²) in [4.78, 5) is 8.35. The van der Waals surface area contributed by atoms with Crippen LogP contribution in [-0.4, -0.2) is 9.97 Å². The standard InChI is InChI=1S/C14H19N5/c1-3-10-8-17-5-4-11(10)13(19-16)12-6-9(2)7-18-14(12)15/h4-8,13,19H,3,16H2,1-2H3,(H2,15,18). The second-order valence-corrected chi connectivity index (χ2v) is 4.51. The zero-order valence-electron chi connectivity index (χ0n) is 11.2. The number of nitrogens with one attached hydrogen (secondary N) is 1. The minimum atomic E-state index is -0.176. The van der Waals surface area contributed by atoms with Crippen molar-refractivity contribution in [1.29, 1.82) is 0 Å². The fourth-order valence-corrected chi connectivity index (χ4v) is 2.20. The molecule has 5 nitrogen and oxygen atoms in total. The normalized spacial score (nSPS) is 12.4. The number of pyridine rings is 2. The predicted octanol–water partition coefficient (Wildman–Crippen LogP) is 1.48. The number of nitrogen functional groups attached to an aromatic ring is 1. The fraction of sp³-hybridized carbons (Fsp3) is 0.286. The van der Waals surface area contributed by atoms with Crippen LogP contribution in [0.5, 0.6) is 0 Å². The highest BCUT2D eigenvalue weighted by Gasteiger charge is 2.18. The predicted molar refractivity (Wildman–Crippen MR) is 76.2 cm³/mol. The summed E-state index contributed by atoms with van der Waals surface area (Å²) in [5.74, 6) is 6.22. The number of rotatable bonds is 4. The van der Waals surface area contributed by atoms with Crippen molar-refractivity contribution in [2.45, 2.75) is 26.3 Å². The largest absolute Gasteiger partial charge is 0.383 e.